The minimum atomic E-state index is -4.57. The molecule has 3 atom stereocenters. The topological polar surface area (TPSA) is 108 Å². The summed E-state index contributed by atoms with van der Waals surface area (Å²) in [6.07, 6.45) is 31.7. The van der Waals surface area contributed by atoms with Gasteiger partial charge in [0.15, 0.2) is 0 Å². The first-order valence-electron chi connectivity index (χ1n) is 17.0. The van der Waals surface area contributed by atoms with E-state index in [2.05, 4.69) is 55.6 Å². The fraction of sp³-hybridized carbons (Fsp3) is 0.743. The van der Waals surface area contributed by atoms with Crippen molar-refractivity contribution in [1.29, 1.82) is 0 Å². The molecule has 0 radical (unpaired) electrons. The molecule has 1 amide bonds. The Hall–Kier alpha value is -1.54. The standard InChI is InChI=1S/C35H65N2O6P/c1-6-8-10-12-14-15-16-17-18-19-20-21-23-25-27-29-35(39)36-33(34(38)28-26-24-22-13-11-9-7-2)32-43-44(40,41)42-31-30-37(3,4)5/h8,10,14-15,17-18,26,28,33-34,38H,6-7,9,11-13,16,19-25,27,29-32H2,1-5H3,(H-,36,39,40,41)/b10-8-,15-14-,18-17-,28-26+. The van der Waals surface area contributed by atoms with Gasteiger partial charge < -0.3 is 28.8 Å². The highest BCUT2D eigenvalue weighted by molar-refractivity contribution is 7.45. The molecule has 0 spiro atoms. The lowest BCUT2D eigenvalue weighted by Crippen LogP contribution is -2.45. The monoisotopic (exact) mass is 640 g/mol. The van der Waals surface area contributed by atoms with E-state index in [-0.39, 0.29) is 12.5 Å². The van der Waals surface area contributed by atoms with Gasteiger partial charge in [0.05, 0.1) is 39.9 Å². The Bertz CT molecular complexity index is 866. The number of nitrogens with one attached hydrogen (secondary N) is 1. The number of likely N-dealkylation sites (N-methyl/N-ethyl adjacent to an activating group) is 1. The molecule has 0 rings (SSSR count). The van der Waals surface area contributed by atoms with Crippen LogP contribution in [0, 0.1) is 0 Å². The summed E-state index contributed by atoms with van der Waals surface area (Å²) < 4.78 is 22.9. The van der Waals surface area contributed by atoms with Gasteiger partial charge in [0.1, 0.15) is 13.2 Å². The summed E-state index contributed by atoms with van der Waals surface area (Å²) in [7, 11) is 1.23. The maximum Gasteiger partial charge on any atom is 0.268 e. The number of aliphatic hydroxyl groups excluding tert-OH is 1. The number of nitrogens with zero attached hydrogens (tertiary/aromatic N) is 1. The van der Waals surface area contributed by atoms with Gasteiger partial charge in [-0.25, -0.2) is 0 Å². The third kappa shape index (κ3) is 29.2. The largest absolute Gasteiger partial charge is 0.756 e. The summed E-state index contributed by atoms with van der Waals surface area (Å²) in [5, 5.41) is 13.5. The predicted molar refractivity (Wildman–Crippen MR) is 182 cm³/mol. The summed E-state index contributed by atoms with van der Waals surface area (Å²) in [5.74, 6) is -0.224. The molecule has 8 nitrogen and oxygen atoms in total. The molecule has 0 heterocycles. The van der Waals surface area contributed by atoms with E-state index in [4.69, 9.17) is 9.05 Å². The number of allylic oxidation sites excluding steroid dienone is 7. The first kappa shape index (κ1) is 42.5. The highest BCUT2D eigenvalue weighted by atomic mass is 31.2. The van der Waals surface area contributed by atoms with Gasteiger partial charge in [-0.1, -0.05) is 107 Å². The van der Waals surface area contributed by atoms with Gasteiger partial charge in [0.2, 0.25) is 5.91 Å². The maximum absolute atomic E-state index is 12.7. The van der Waals surface area contributed by atoms with Crippen LogP contribution < -0.4 is 10.2 Å². The van der Waals surface area contributed by atoms with Crippen LogP contribution in [0.3, 0.4) is 0 Å². The zero-order chi connectivity index (χ0) is 32.9. The Balaban J connectivity index is 4.54. The van der Waals surface area contributed by atoms with Gasteiger partial charge in [-0.15, -0.1) is 0 Å². The predicted octanol–water partition coefficient (Wildman–Crippen LogP) is 7.55. The van der Waals surface area contributed by atoms with Crippen molar-refractivity contribution in [3.8, 4) is 0 Å². The molecule has 0 saturated carbocycles. The third-order valence-corrected chi connectivity index (χ3v) is 8.01. The maximum atomic E-state index is 12.7. The first-order chi connectivity index (χ1) is 21.0. The number of amides is 1. The fourth-order valence-electron chi connectivity index (χ4n) is 4.28. The molecule has 3 unspecified atom stereocenters. The summed E-state index contributed by atoms with van der Waals surface area (Å²) in [6, 6.07) is -0.891. The average Bonchev–Trinajstić information content (AvgIpc) is 2.95. The Morgan fingerprint density at radius 3 is 2.02 bits per heavy atom. The Kier molecular flexibility index (Phi) is 26.8. The van der Waals surface area contributed by atoms with Gasteiger partial charge in [-0.2, -0.15) is 0 Å². The van der Waals surface area contributed by atoms with Crippen molar-refractivity contribution in [2.75, 3.05) is 40.9 Å². The van der Waals surface area contributed by atoms with Crippen molar-refractivity contribution in [3.05, 3.63) is 48.6 Å². The van der Waals surface area contributed by atoms with E-state index >= 15 is 0 Å². The van der Waals surface area contributed by atoms with Crippen molar-refractivity contribution in [2.45, 2.75) is 129 Å². The average molecular weight is 641 g/mol. The second-order valence-corrected chi connectivity index (χ2v) is 13.9. The number of unbranched alkanes of at least 4 members (excludes halogenated alkanes) is 10. The zero-order valence-electron chi connectivity index (χ0n) is 28.6. The molecule has 2 N–H and O–H groups in total. The summed E-state index contributed by atoms with van der Waals surface area (Å²) in [6.45, 7) is 4.41. The lowest BCUT2D eigenvalue weighted by Gasteiger charge is -2.29. The number of carbonyl (C=O) groups excluding carboxylic acids is 1. The van der Waals surface area contributed by atoms with E-state index in [0.29, 0.717) is 17.4 Å². The van der Waals surface area contributed by atoms with E-state index in [1.165, 1.54) is 19.3 Å². The van der Waals surface area contributed by atoms with Crippen LogP contribution >= 0.6 is 7.82 Å². The minimum Gasteiger partial charge on any atom is -0.756 e. The minimum absolute atomic E-state index is 0.00732. The van der Waals surface area contributed by atoms with Gasteiger partial charge in [-0.3, -0.25) is 9.36 Å². The van der Waals surface area contributed by atoms with Crippen molar-refractivity contribution in [1.82, 2.24) is 5.32 Å². The molecule has 0 aliphatic heterocycles. The summed E-state index contributed by atoms with van der Waals surface area (Å²) in [5.41, 5.74) is 0. The van der Waals surface area contributed by atoms with Crippen LogP contribution in [0.2, 0.25) is 0 Å². The van der Waals surface area contributed by atoms with Crippen molar-refractivity contribution >= 4 is 13.7 Å². The van der Waals surface area contributed by atoms with Gasteiger partial charge in [-0.05, 0) is 51.4 Å². The normalized spacial score (nSPS) is 15.5. The first-order valence-corrected chi connectivity index (χ1v) is 18.5. The lowest BCUT2D eigenvalue weighted by molar-refractivity contribution is -0.870. The van der Waals surface area contributed by atoms with E-state index in [9.17, 15) is 19.4 Å². The van der Waals surface area contributed by atoms with E-state index in [0.717, 1.165) is 77.0 Å². The van der Waals surface area contributed by atoms with Crippen molar-refractivity contribution in [2.24, 2.45) is 0 Å². The van der Waals surface area contributed by atoms with Crippen LogP contribution in [-0.2, 0) is 18.4 Å². The molecule has 0 aliphatic rings. The number of hydrogen-bond donors (Lipinski definition) is 2. The fourth-order valence-corrected chi connectivity index (χ4v) is 5.00. The SMILES string of the molecule is CC/C=C\C/C=C\C/C=C\CCCCCCCC(=O)NC(COP(=O)([O-])OCC[N+](C)(C)C)C(O)/C=C/CCCCCCC. The van der Waals surface area contributed by atoms with Crippen LogP contribution in [0.5, 0.6) is 0 Å². The van der Waals surface area contributed by atoms with Gasteiger partial charge in [0, 0.05) is 6.42 Å². The summed E-state index contributed by atoms with van der Waals surface area (Å²) >= 11 is 0. The van der Waals surface area contributed by atoms with Gasteiger partial charge in [0.25, 0.3) is 7.82 Å². The molecule has 256 valence electrons. The van der Waals surface area contributed by atoms with Crippen molar-refractivity contribution < 1.29 is 32.9 Å². The smallest absolute Gasteiger partial charge is 0.268 e. The molecule has 0 fully saturated rings. The third-order valence-electron chi connectivity index (χ3n) is 7.04. The molecule has 0 aromatic heterocycles. The van der Waals surface area contributed by atoms with Crippen LogP contribution in [0.25, 0.3) is 0 Å². The van der Waals surface area contributed by atoms with Gasteiger partial charge >= 0.3 is 0 Å². The van der Waals surface area contributed by atoms with E-state index < -0.39 is 26.6 Å². The molecule has 0 saturated heterocycles. The Morgan fingerprint density at radius 2 is 1.39 bits per heavy atom. The Morgan fingerprint density at radius 1 is 0.818 bits per heavy atom. The molecule has 44 heavy (non-hydrogen) atoms. The number of phosphoric ester groups is 1. The quantitative estimate of drug-likeness (QED) is 0.0378. The molecular formula is C35H65N2O6P. The zero-order valence-corrected chi connectivity index (χ0v) is 29.5. The highest BCUT2D eigenvalue weighted by Gasteiger charge is 2.23. The second-order valence-electron chi connectivity index (χ2n) is 12.5. The van der Waals surface area contributed by atoms with E-state index in [1.807, 2.05) is 27.2 Å². The Labute approximate surface area is 269 Å². The molecule has 9 heteroatoms. The van der Waals surface area contributed by atoms with Crippen LogP contribution in [0.15, 0.2) is 48.6 Å². The van der Waals surface area contributed by atoms with Crippen molar-refractivity contribution in [3.63, 3.8) is 0 Å². The number of hydrogen-bond acceptors (Lipinski definition) is 6. The number of carbonyl (C=O) groups is 1. The number of quaternary nitrogens is 1. The van der Waals surface area contributed by atoms with Crippen LogP contribution in [-0.4, -0.2) is 68.5 Å². The second kappa shape index (κ2) is 27.7. The molecular weight excluding hydrogens is 575 g/mol. The molecule has 0 aliphatic carbocycles. The van der Waals surface area contributed by atoms with Crippen LogP contribution in [0.1, 0.15) is 117 Å². The summed E-state index contributed by atoms with van der Waals surface area (Å²) in [4.78, 5) is 25.0. The number of aliphatic hydroxyl groups is 1. The van der Waals surface area contributed by atoms with Crippen LogP contribution in [0.4, 0.5) is 0 Å². The number of rotatable bonds is 29. The molecule has 0 bridgehead atoms. The number of phosphoric acid groups is 1. The highest BCUT2D eigenvalue weighted by Crippen LogP contribution is 2.38. The molecule has 0 aromatic carbocycles. The lowest BCUT2D eigenvalue weighted by atomic mass is 10.1. The van der Waals surface area contributed by atoms with E-state index in [1.54, 1.807) is 6.08 Å². The molecule has 0 aromatic rings.